The Morgan fingerprint density at radius 2 is 2.14 bits per heavy atom. The van der Waals surface area contributed by atoms with E-state index in [1.165, 1.54) is 0 Å². The van der Waals surface area contributed by atoms with Gasteiger partial charge in [-0.1, -0.05) is 0 Å². The van der Waals surface area contributed by atoms with Crippen LogP contribution in [-0.4, -0.2) is 43.5 Å². The van der Waals surface area contributed by atoms with Crippen molar-refractivity contribution in [3.8, 4) is 5.75 Å². The van der Waals surface area contributed by atoms with E-state index < -0.39 is 0 Å². The molecule has 1 aromatic rings. The van der Waals surface area contributed by atoms with Crippen molar-refractivity contribution in [3.63, 3.8) is 0 Å². The summed E-state index contributed by atoms with van der Waals surface area (Å²) in [6, 6.07) is 6.94. The van der Waals surface area contributed by atoms with Gasteiger partial charge in [0.25, 0.3) is 0 Å². The van der Waals surface area contributed by atoms with Crippen LogP contribution in [0.4, 0.5) is 0 Å². The molecule has 5 heteroatoms. The Balaban J connectivity index is 1.77. The standard InChI is InChI=1S/C16H23NO4/c1-2-20-16(19)13-3-5-14(6-4-13)21-10-8-12-7-9-17-11-15(12)18/h3-6,12,15,17-18H,2,7-11H2,1H3/t12-,15-/m1/s1. The Hall–Kier alpha value is -1.59. The molecule has 2 rings (SSSR count). The average molecular weight is 293 g/mol. The average Bonchev–Trinajstić information content (AvgIpc) is 2.50. The van der Waals surface area contributed by atoms with Crippen LogP contribution < -0.4 is 10.1 Å². The van der Waals surface area contributed by atoms with Gasteiger partial charge in [0.1, 0.15) is 5.75 Å². The van der Waals surface area contributed by atoms with Crippen molar-refractivity contribution in [2.24, 2.45) is 5.92 Å². The Morgan fingerprint density at radius 1 is 1.38 bits per heavy atom. The van der Waals surface area contributed by atoms with Crippen LogP contribution in [0, 0.1) is 5.92 Å². The van der Waals surface area contributed by atoms with Crippen LogP contribution in [0.2, 0.25) is 0 Å². The Bertz CT molecular complexity index is 446. The number of hydrogen-bond donors (Lipinski definition) is 2. The van der Waals surface area contributed by atoms with Crippen molar-refractivity contribution in [2.75, 3.05) is 26.3 Å². The third-order valence-electron chi connectivity index (χ3n) is 3.71. The highest BCUT2D eigenvalue weighted by Gasteiger charge is 2.22. The molecule has 1 aliphatic heterocycles. The molecular weight excluding hydrogens is 270 g/mol. The number of carbonyl (C=O) groups is 1. The van der Waals surface area contributed by atoms with Crippen LogP contribution in [0.5, 0.6) is 5.75 Å². The van der Waals surface area contributed by atoms with Gasteiger partial charge < -0.3 is 19.9 Å². The number of nitrogens with one attached hydrogen (secondary N) is 1. The van der Waals surface area contributed by atoms with E-state index in [0.29, 0.717) is 31.2 Å². The van der Waals surface area contributed by atoms with E-state index >= 15 is 0 Å². The highest BCUT2D eigenvalue weighted by molar-refractivity contribution is 5.89. The number of β-amino-alcohol motifs (C(OH)–C–C–N with tert-alkyl or cyclic N) is 1. The van der Waals surface area contributed by atoms with Gasteiger partial charge in [-0.3, -0.25) is 0 Å². The van der Waals surface area contributed by atoms with Gasteiger partial charge in [-0.15, -0.1) is 0 Å². The lowest BCUT2D eigenvalue weighted by molar-refractivity contribution is 0.0526. The first-order valence-electron chi connectivity index (χ1n) is 7.49. The lowest BCUT2D eigenvalue weighted by Gasteiger charge is -2.28. The maximum absolute atomic E-state index is 11.5. The molecule has 0 saturated carbocycles. The van der Waals surface area contributed by atoms with Gasteiger partial charge in [0.05, 0.1) is 24.9 Å². The number of benzene rings is 1. The smallest absolute Gasteiger partial charge is 0.338 e. The van der Waals surface area contributed by atoms with E-state index in [4.69, 9.17) is 9.47 Å². The minimum atomic E-state index is -0.318. The zero-order valence-electron chi connectivity index (χ0n) is 12.4. The molecule has 1 fully saturated rings. The van der Waals surface area contributed by atoms with Crippen molar-refractivity contribution in [1.29, 1.82) is 0 Å². The zero-order chi connectivity index (χ0) is 15.1. The molecule has 1 heterocycles. The molecule has 0 amide bonds. The van der Waals surface area contributed by atoms with E-state index in [1.54, 1.807) is 31.2 Å². The Kier molecular flexibility index (Phi) is 6.02. The number of aliphatic hydroxyl groups is 1. The number of rotatable bonds is 6. The zero-order valence-corrected chi connectivity index (χ0v) is 12.4. The molecule has 0 aromatic heterocycles. The van der Waals surface area contributed by atoms with Crippen LogP contribution in [0.1, 0.15) is 30.1 Å². The van der Waals surface area contributed by atoms with Crippen molar-refractivity contribution < 1.29 is 19.4 Å². The maximum atomic E-state index is 11.5. The lowest BCUT2D eigenvalue weighted by Crippen LogP contribution is -2.40. The van der Waals surface area contributed by atoms with Crippen LogP contribution >= 0.6 is 0 Å². The summed E-state index contributed by atoms with van der Waals surface area (Å²) in [5.74, 6) is 0.707. The van der Waals surface area contributed by atoms with Gasteiger partial charge in [-0.25, -0.2) is 4.79 Å². The molecule has 1 aromatic carbocycles. The van der Waals surface area contributed by atoms with E-state index in [2.05, 4.69) is 5.32 Å². The van der Waals surface area contributed by atoms with E-state index in [0.717, 1.165) is 25.1 Å². The van der Waals surface area contributed by atoms with Gasteiger partial charge >= 0.3 is 5.97 Å². The molecule has 0 aliphatic carbocycles. The molecule has 0 spiro atoms. The molecule has 0 radical (unpaired) electrons. The minimum absolute atomic E-state index is 0.284. The summed E-state index contributed by atoms with van der Waals surface area (Å²) in [6.45, 7) is 4.34. The topological polar surface area (TPSA) is 67.8 Å². The summed E-state index contributed by atoms with van der Waals surface area (Å²) in [7, 11) is 0. The SMILES string of the molecule is CCOC(=O)c1ccc(OCC[C@H]2CCNC[C@H]2O)cc1. The van der Waals surface area contributed by atoms with Crippen LogP contribution in [-0.2, 0) is 4.74 Å². The summed E-state index contributed by atoms with van der Waals surface area (Å²) in [5, 5.41) is 13.0. The summed E-state index contributed by atoms with van der Waals surface area (Å²) in [6.07, 6.45) is 1.53. The van der Waals surface area contributed by atoms with Crippen molar-refractivity contribution >= 4 is 5.97 Å². The number of ether oxygens (including phenoxy) is 2. The highest BCUT2D eigenvalue weighted by atomic mass is 16.5. The quantitative estimate of drug-likeness (QED) is 0.780. The van der Waals surface area contributed by atoms with Gasteiger partial charge in [-0.05, 0) is 56.5 Å². The molecular formula is C16H23NO4. The number of piperidine rings is 1. The van der Waals surface area contributed by atoms with Crippen LogP contribution in [0.25, 0.3) is 0 Å². The van der Waals surface area contributed by atoms with E-state index in [1.807, 2.05) is 0 Å². The molecule has 2 N–H and O–H groups in total. The molecule has 2 atom stereocenters. The number of esters is 1. The molecule has 0 unspecified atom stereocenters. The van der Waals surface area contributed by atoms with Crippen LogP contribution in [0.15, 0.2) is 24.3 Å². The lowest BCUT2D eigenvalue weighted by atomic mass is 9.92. The summed E-state index contributed by atoms with van der Waals surface area (Å²) < 4.78 is 10.6. The monoisotopic (exact) mass is 293 g/mol. The van der Waals surface area contributed by atoms with Crippen molar-refractivity contribution in [3.05, 3.63) is 29.8 Å². The number of aliphatic hydroxyl groups excluding tert-OH is 1. The van der Waals surface area contributed by atoms with Gasteiger partial charge in [0.15, 0.2) is 0 Å². The fraction of sp³-hybridized carbons (Fsp3) is 0.562. The van der Waals surface area contributed by atoms with Crippen molar-refractivity contribution in [2.45, 2.75) is 25.9 Å². The molecule has 1 saturated heterocycles. The van der Waals surface area contributed by atoms with Crippen molar-refractivity contribution in [1.82, 2.24) is 5.32 Å². The molecule has 116 valence electrons. The first-order chi connectivity index (χ1) is 10.2. The van der Waals surface area contributed by atoms with E-state index in [-0.39, 0.29) is 12.1 Å². The predicted molar refractivity (Wildman–Crippen MR) is 79.5 cm³/mol. The summed E-state index contributed by atoms with van der Waals surface area (Å²) in [5.41, 5.74) is 0.526. The second kappa shape index (κ2) is 8.00. The molecule has 21 heavy (non-hydrogen) atoms. The first kappa shape index (κ1) is 15.8. The third kappa shape index (κ3) is 4.72. The molecule has 1 aliphatic rings. The highest BCUT2D eigenvalue weighted by Crippen LogP contribution is 2.18. The normalized spacial score (nSPS) is 21.8. The fourth-order valence-corrected chi connectivity index (χ4v) is 2.46. The summed E-state index contributed by atoms with van der Waals surface area (Å²) >= 11 is 0. The van der Waals surface area contributed by atoms with Gasteiger partial charge in [0.2, 0.25) is 0 Å². The second-order valence-electron chi connectivity index (χ2n) is 5.20. The maximum Gasteiger partial charge on any atom is 0.338 e. The Morgan fingerprint density at radius 3 is 2.81 bits per heavy atom. The van der Waals surface area contributed by atoms with Gasteiger partial charge in [-0.2, -0.15) is 0 Å². The number of hydrogen-bond acceptors (Lipinski definition) is 5. The second-order valence-corrected chi connectivity index (χ2v) is 5.20. The predicted octanol–water partition coefficient (Wildman–Crippen LogP) is 1.60. The molecule has 5 nitrogen and oxygen atoms in total. The Labute approximate surface area is 125 Å². The van der Waals surface area contributed by atoms with Crippen LogP contribution in [0.3, 0.4) is 0 Å². The van der Waals surface area contributed by atoms with Gasteiger partial charge in [0, 0.05) is 6.54 Å². The summed E-state index contributed by atoms with van der Waals surface area (Å²) in [4.78, 5) is 11.5. The number of carbonyl (C=O) groups excluding carboxylic acids is 1. The fourth-order valence-electron chi connectivity index (χ4n) is 2.46. The minimum Gasteiger partial charge on any atom is -0.494 e. The molecule has 0 bridgehead atoms. The first-order valence-corrected chi connectivity index (χ1v) is 7.49. The largest absolute Gasteiger partial charge is 0.494 e. The third-order valence-corrected chi connectivity index (χ3v) is 3.71. The van der Waals surface area contributed by atoms with E-state index in [9.17, 15) is 9.90 Å².